The van der Waals surface area contributed by atoms with Gasteiger partial charge in [-0.2, -0.15) is 0 Å². The van der Waals surface area contributed by atoms with Crippen LogP contribution in [-0.4, -0.2) is 36.5 Å². The Balaban J connectivity index is 1.78. The highest BCUT2D eigenvalue weighted by Crippen LogP contribution is 2.20. The molecule has 1 aromatic heterocycles. The lowest BCUT2D eigenvalue weighted by atomic mass is 10.1. The molecule has 2 heterocycles. The van der Waals surface area contributed by atoms with Gasteiger partial charge in [0.1, 0.15) is 0 Å². The number of carbonyl (C=O) groups is 1. The average molecular weight is 331 g/mol. The summed E-state index contributed by atoms with van der Waals surface area (Å²) < 4.78 is 0.997. The number of hydrogen-bond donors (Lipinski definition) is 1. The summed E-state index contributed by atoms with van der Waals surface area (Å²) in [6.45, 7) is 5.25. The SMILES string of the molecule is CC(CNC(=O)c1csc(Br)c1)N1CCCCC1. The van der Waals surface area contributed by atoms with Crippen LogP contribution in [0.1, 0.15) is 36.5 Å². The molecule has 1 N–H and O–H groups in total. The highest BCUT2D eigenvalue weighted by molar-refractivity contribution is 9.11. The highest BCUT2D eigenvalue weighted by Gasteiger charge is 2.17. The highest BCUT2D eigenvalue weighted by atomic mass is 79.9. The summed E-state index contributed by atoms with van der Waals surface area (Å²) in [4.78, 5) is 14.4. The second kappa shape index (κ2) is 6.68. The molecule has 1 aromatic rings. The van der Waals surface area contributed by atoms with Gasteiger partial charge in [-0.3, -0.25) is 9.69 Å². The molecule has 1 atom stereocenters. The van der Waals surface area contributed by atoms with Crippen molar-refractivity contribution in [2.75, 3.05) is 19.6 Å². The van der Waals surface area contributed by atoms with Gasteiger partial charge in [-0.05, 0) is 54.9 Å². The second-order valence-electron chi connectivity index (χ2n) is 4.80. The fraction of sp³-hybridized carbons (Fsp3) is 0.615. The van der Waals surface area contributed by atoms with Crippen molar-refractivity contribution in [3.05, 3.63) is 20.8 Å². The van der Waals surface area contributed by atoms with Crippen molar-refractivity contribution < 1.29 is 4.79 Å². The van der Waals surface area contributed by atoms with Crippen molar-refractivity contribution in [2.24, 2.45) is 0 Å². The summed E-state index contributed by atoms with van der Waals surface area (Å²) in [5.74, 6) is 0.0285. The first-order valence-corrected chi connectivity index (χ1v) is 8.10. The van der Waals surface area contributed by atoms with E-state index < -0.39 is 0 Å². The Kier molecular flexibility index (Phi) is 5.21. The van der Waals surface area contributed by atoms with E-state index >= 15 is 0 Å². The maximum Gasteiger partial charge on any atom is 0.252 e. The molecule has 18 heavy (non-hydrogen) atoms. The number of carbonyl (C=O) groups excluding carboxylic acids is 1. The number of rotatable bonds is 4. The van der Waals surface area contributed by atoms with E-state index in [9.17, 15) is 4.79 Å². The quantitative estimate of drug-likeness (QED) is 0.919. The minimum Gasteiger partial charge on any atom is -0.350 e. The van der Waals surface area contributed by atoms with Gasteiger partial charge < -0.3 is 5.32 Å². The lowest BCUT2D eigenvalue weighted by Gasteiger charge is -2.32. The molecule has 100 valence electrons. The van der Waals surface area contributed by atoms with Crippen molar-refractivity contribution in [1.29, 1.82) is 0 Å². The third kappa shape index (κ3) is 3.80. The van der Waals surface area contributed by atoms with E-state index in [0.29, 0.717) is 6.04 Å². The molecule has 1 fully saturated rings. The third-order valence-corrected chi connectivity index (χ3v) is 4.91. The smallest absolute Gasteiger partial charge is 0.252 e. The molecule has 1 amide bonds. The lowest BCUT2D eigenvalue weighted by molar-refractivity contribution is 0.0930. The van der Waals surface area contributed by atoms with Crippen molar-refractivity contribution in [3.63, 3.8) is 0 Å². The first-order chi connectivity index (χ1) is 8.66. The summed E-state index contributed by atoms with van der Waals surface area (Å²) in [7, 11) is 0. The van der Waals surface area contributed by atoms with Gasteiger partial charge in [0.2, 0.25) is 0 Å². The van der Waals surface area contributed by atoms with E-state index in [2.05, 4.69) is 33.1 Å². The molecule has 0 radical (unpaired) electrons. The number of nitrogens with one attached hydrogen (secondary N) is 1. The van der Waals surface area contributed by atoms with Gasteiger partial charge in [0, 0.05) is 18.0 Å². The summed E-state index contributed by atoms with van der Waals surface area (Å²) >= 11 is 4.91. The van der Waals surface area contributed by atoms with Crippen LogP contribution in [0.5, 0.6) is 0 Å². The van der Waals surface area contributed by atoms with Crippen LogP contribution in [0.25, 0.3) is 0 Å². The Bertz CT molecular complexity index is 401. The maximum absolute atomic E-state index is 11.9. The predicted octanol–water partition coefficient (Wildman–Crippen LogP) is 3.11. The van der Waals surface area contributed by atoms with Crippen molar-refractivity contribution in [2.45, 2.75) is 32.2 Å². The van der Waals surface area contributed by atoms with Crippen LogP contribution in [-0.2, 0) is 0 Å². The van der Waals surface area contributed by atoms with E-state index in [1.807, 2.05) is 11.4 Å². The Hall–Kier alpha value is -0.390. The average Bonchev–Trinajstić information content (AvgIpc) is 2.83. The first-order valence-electron chi connectivity index (χ1n) is 6.43. The van der Waals surface area contributed by atoms with Crippen LogP contribution in [0.15, 0.2) is 15.2 Å². The van der Waals surface area contributed by atoms with Gasteiger partial charge in [0.05, 0.1) is 9.35 Å². The number of halogens is 1. The van der Waals surface area contributed by atoms with Gasteiger partial charge in [0.15, 0.2) is 0 Å². The second-order valence-corrected chi connectivity index (χ2v) is 7.09. The number of hydrogen-bond acceptors (Lipinski definition) is 3. The molecular weight excluding hydrogens is 312 g/mol. The number of likely N-dealkylation sites (tertiary alicyclic amines) is 1. The Morgan fingerprint density at radius 2 is 2.22 bits per heavy atom. The minimum atomic E-state index is 0.0285. The van der Waals surface area contributed by atoms with Crippen molar-refractivity contribution in [1.82, 2.24) is 10.2 Å². The molecule has 0 saturated carbocycles. The Labute approximate surface area is 121 Å². The number of piperidine rings is 1. The number of nitrogens with zero attached hydrogens (tertiary/aromatic N) is 1. The van der Waals surface area contributed by atoms with Gasteiger partial charge >= 0.3 is 0 Å². The normalized spacial score (nSPS) is 18.6. The molecular formula is C13H19BrN2OS. The fourth-order valence-electron chi connectivity index (χ4n) is 2.26. The molecule has 3 nitrogen and oxygen atoms in total. The molecule has 1 saturated heterocycles. The first kappa shape index (κ1) is 14.0. The monoisotopic (exact) mass is 330 g/mol. The van der Waals surface area contributed by atoms with E-state index in [1.165, 1.54) is 32.4 Å². The van der Waals surface area contributed by atoms with Crippen LogP contribution in [0.2, 0.25) is 0 Å². The maximum atomic E-state index is 11.9. The zero-order valence-corrected chi connectivity index (χ0v) is 13.0. The van der Waals surface area contributed by atoms with Gasteiger partial charge in [-0.25, -0.2) is 0 Å². The van der Waals surface area contributed by atoms with Crippen LogP contribution < -0.4 is 5.32 Å². The van der Waals surface area contributed by atoms with Crippen molar-refractivity contribution in [3.8, 4) is 0 Å². The summed E-state index contributed by atoms with van der Waals surface area (Å²) in [5.41, 5.74) is 0.748. The number of thiophene rings is 1. The summed E-state index contributed by atoms with van der Waals surface area (Å²) in [6.07, 6.45) is 3.92. The van der Waals surface area contributed by atoms with E-state index in [4.69, 9.17) is 0 Å². The Morgan fingerprint density at radius 3 is 2.83 bits per heavy atom. The van der Waals surface area contributed by atoms with E-state index in [-0.39, 0.29) is 5.91 Å². The molecule has 0 aromatic carbocycles. The molecule has 1 aliphatic heterocycles. The Morgan fingerprint density at radius 1 is 1.50 bits per heavy atom. The van der Waals surface area contributed by atoms with Gasteiger partial charge in [-0.1, -0.05) is 6.42 Å². The summed E-state index contributed by atoms with van der Waals surface area (Å²) in [6, 6.07) is 2.29. The third-order valence-electron chi connectivity index (χ3n) is 3.40. The number of amides is 1. The van der Waals surface area contributed by atoms with Crippen LogP contribution >= 0.6 is 27.3 Å². The summed E-state index contributed by atoms with van der Waals surface area (Å²) in [5, 5.41) is 4.89. The van der Waals surface area contributed by atoms with Gasteiger partial charge in [-0.15, -0.1) is 11.3 Å². The lowest BCUT2D eigenvalue weighted by Crippen LogP contribution is -2.44. The van der Waals surface area contributed by atoms with Crippen LogP contribution in [0.3, 0.4) is 0 Å². The topological polar surface area (TPSA) is 32.3 Å². The van der Waals surface area contributed by atoms with Crippen LogP contribution in [0, 0.1) is 0 Å². The molecule has 1 unspecified atom stereocenters. The molecule has 2 rings (SSSR count). The zero-order chi connectivity index (χ0) is 13.0. The molecule has 0 bridgehead atoms. The predicted molar refractivity (Wildman–Crippen MR) is 79.2 cm³/mol. The largest absolute Gasteiger partial charge is 0.350 e. The van der Waals surface area contributed by atoms with Crippen LogP contribution in [0.4, 0.5) is 0 Å². The molecule has 1 aliphatic rings. The van der Waals surface area contributed by atoms with E-state index in [1.54, 1.807) is 11.3 Å². The molecule has 5 heteroatoms. The fourth-order valence-corrected chi connectivity index (χ4v) is 3.40. The standard InChI is InChI=1S/C13H19BrN2OS/c1-10(16-5-3-2-4-6-16)8-15-13(17)11-7-12(14)18-9-11/h7,9-10H,2-6,8H2,1H3,(H,15,17). The van der Waals surface area contributed by atoms with Crippen molar-refractivity contribution >= 4 is 33.2 Å². The molecule has 0 spiro atoms. The van der Waals surface area contributed by atoms with E-state index in [0.717, 1.165) is 15.9 Å². The van der Waals surface area contributed by atoms with Gasteiger partial charge in [0.25, 0.3) is 5.91 Å². The zero-order valence-electron chi connectivity index (χ0n) is 10.6. The molecule has 0 aliphatic carbocycles. The minimum absolute atomic E-state index is 0.0285.